The third-order valence-electron chi connectivity index (χ3n) is 1.42. The molecule has 0 N–H and O–H groups in total. The second-order valence-electron chi connectivity index (χ2n) is 2.18. The molecule has 0 aliphatic carbocycles. The summed E-state index contributed by atoms with van der Waals surface area (Å²) < 4.78 is 0. The molecule has 64 valence electrons. The summed E-state index contributed by atoms with van der Waals surface area (Å²) in [6, 6.07) is 0. The van der Waals surface area contributed by atoms with Crippen molar-refractivity contribution in [1.29, 1.82) is 0 Å². The third-order valence-corrected chi connectivity index (χ3v) is 1.42. The molecule has 0 saturated carbocycles. The summed E-state index contributed by atoms with van der Waals surface area (Å²) >= 11 is 0. The molecule has 0 fully saturated rings. The predicted molar refractivity (Wildman–Crippen MR) is 41.8 cm³/mol. The van der Waals surface area contributed by atoms with Crippen LogP contribution in [0.1, 0.15) is 0 Å². The molecule has 0 unspecified atom stereocenters. The predicted octanol–water partition coefficient (Wildman–Crippen LogP) is 0.328. The van der Waals surface area contributed by atoms with Gasteiger partial charge in [-0.2, -0.15) is 4.98 Å². The maximum Gasteiger partial charge on any atom is 0.395 e. The lowest BCUT2D eigenvalue weighted by Crippen LogP contribution is -1.97. The van der Waals surface area contributed by atoms with Gasteiger partial charge in [0.15, 0.2) is 5.65 Å². The first kappa shape index (κ1) is 7.47. The van der Waals surface area contributed by atoms with Crippen LogP contribution in [0, 0.1) is 10.1 Å². The molecular weight excluding hydrogens is 174 g/mol. The number of rotatable bonds is 1. The normalized spacial score (nSPS) is 10.2. The number of aromatic nitrogens is 4. The minimum Gasteiger partial charge on any atom is -0.358 e. The minimum atomic E-state index is -0.612. The first-order valence-corrected chi connectivity index (χ1v) is 3.35. The first-order valence-electron chi connectivity index (χ1n) is 3.35. The number of nitro groups is 1. The fourth-order valence-electron chi connectivity index (χ4n) is 0.916. The average Bonchev–Trinajstić information content (AvgIpc) is 2.17. The first-order chi connectivity index (χ1) is 6.29. The van der Waals surface area contributed by atoms with E-state index in [1.54, 1.807) is 0 Å². The standard InChI is InChI=1S/C6H3N5O2/c12-11(13)6-4-5(9-3-10-6)8-2-1-7-4/h1-3H. The van der Waals surface area contributed by atoms with Crippen LogP contribution in [-0.4, -0.2) is 24.9 Å². The van der Waals surface area contributed by atoms with Gasteiger partial charge in [0.2, 0.25) is 11.8 Å². The van der Waals surface area contributed by atoms with Crippen molar-refractivity contribution in [2.24, 2.45) is 0 Å². The van der Waals surface area contributed by atoms with E-state index in [1.807, 2.05) is 0 Å². The van der Waals surface area contributed by atoms with Gasteiger partial charge in [-0.1, -0.05) is 0 Å². The van der Waals surface area contributed by atoms with E-state index in [4.69, 9.17) is 0 Å². The Morgan fingerprint density at radius 3 is 2.69 bits per heavy atom. The van der Waals surface area contributed by atoms with Gasteiger partial charge in [-0.05, 0) is 9.91 Å². The van der Waals surface area contributed by atoms with E-state index < -0.39 is 4.92 Å². The summed E-state index contributed by atoms with van der Waals surface area (Å²) in [6.07, 6.45) is 3.87. The van der Waals surface area contributed by atoms with Crippen LogP contribution >= 0.6 is 0 Å². The highest BCUT2D eigenvalue weighted by Crippen LogP contribution is 2.15. The van der Waals surface area contributed by atoms with Crippen molar-refractivity contribution in [3.8, 4) is 0 Å². The molecule has 0 amide bonds. The Morgan fingerprint density at radius 1 is 1.15 bits per heavy atom. The van der Waals surface area contributed by atoms with Gasteiger partial charge < -0.3 is 10.1 Å². The second-order valence-corrected chi connectivity index (χ2v) is 2.18. The van der Waals surface area contributed by atoms with Crippen LogP contribution in [0.25, 0.3) is 11.2 Å². The van der Waals surface area contributed by atoms with Crippen LogP contribution in [0.4, 0.5) is 5.82 Å². The Balaban J connectivity index is 2.83. The molecule has 0 aliphatic rings. The van der Waals surface area contributed by atoms with Gasteiger partial charge in [-0.25, -0.2) is 9.97 Å². The molecule has 0 spiro atoms. The van der Waals surface area contributed by atoms with E-state index in [9.17, 15) is 10.1 Å². The zero-order valence-electron chi connectivity index (χ0n) is 6.28. The molecule has 0 radical (unpaired) electrons. The lowest BCUT2D eigenvalue weighted by Gasteiger charge is -1.94. The van der Waals surface area contributed by atoms with Crippen molar-refractivity contribution in [1.82, 2.24) is 19.9 Å². The molecule has 0 saturated heterocycles. The Bertz CT molecular complexity index is 466. The van der Waals surface area contributed by atoms with Crippen molar-refractivity contribution < 1.29 is 4.92 Å². The van der Waals surface area contributed by atoms with Crippen LogP contribution in [-0.2, 0) is 0 Å². The van der Waals surface area contributed by atoms with Gasteiger partial charge in [-0.15, -0.1) is 0 Å². The van der Waals surface area contributed by atoms with Gasteiger partial charge in [0.25, 0.3) is 0 Å². The fraction of sp³-hybridized carbons (Fsp3) is 0. The van der Waals surface area contributed by atoms with Crippen LogP contribution in [0.2, 0.25) is 0 Å². The summed E-state index contributed by atoms with van der Waals surface area (Å²) in [4.78, 5) is 24.7. The van der Waals surface area contributed by atoms with Gasteiger partial charge >= 0.3 is 5.82 Å². The molecule has 7 heteroatoms. The lowest BCUT2D eigenvalue weighted by atomic mass is 10.5. The quantitative estimate of drug-likeness (QED) is 0.460. The summed E-state index contributed by atoms with van der Waals surface area (Å²) in [5, 5.41) is 10.5. The molecule has 0 aromatic carbocycles. The summed E-state index contributed by atoms with van der Waals surface area (Å²) in [5.74, 6) is -0.321. The molecule has 13 heavy (non-hydrogen) atoms. The number of hydrogen-bond acceptors (Lipinski definition) is 6. The Labute approximate surface area is 71.6 Å². The molecule has 0 aliphatic heterocycles. The van der Waals surface area contributed by atoms with Crippen molar-refractivity contribution in [3.05, 3.63) is 28.8 Å². The highest BCUT2D eigenvalue weighted by molar-refractivity contribution is 5.77. The molecule has 7 nitrogen and oxygen atoms in total. The lowest BCUT2D eigenvalue weighted by molar-refractivity contribution is -0.387. The molecule has 2 heterocycles. The molecule has 2 rings (SSSR count). The molecule has 0 atom stereocenters. The third kappa shape index (κ3) is 1.15. The Kier molecular flexibility index (Phi) is 1.55. The SMILES string of the molecule is O=[N+]([O-])c1ncnc2nccnc12. The number of hydrogen-bond donors (Lipinski definition) is 0. The maximum absolute atomic E-state index is 10.5. The monoisotopic (exact) mass is 177 g/mol. The summed E-state index contributed by atoms with van der Waals surface area (Å²) in [6.45, 7) is 0. The van der Waals surface area contributed by atoms with E-state index in [1.165, 1.54) is 12.4 Å². The van der Waals surface area contributed by atoms with E-state index in [-0.39, 0.29) is 17.0 Å². The van der Waals surface area contributed by atoms with Crippen LogP contribution in [0.5, 0.6) is 0 Å². The van der Waals surface area contributed by atoms with E-state index in [0.717, 1.165) is 6.33 Å². The number of fused-ring (bicyclic) bond motifs is 1. The van der Waals surface area contributed by atoms with Gasteiger partial charge in [0.05, 0.1) is 0 Å². The van der Waals surface area contributed by atoms with Crippen molar-refractivity contribution >= 4 is 17.0 Å². The zero-order chi connectivity index (χ0) is 9.26. The highest BCUT2D eigenvalue weighted by Gasteiger charge is 2.14. The zero-order valence-corrected chi connectivity index (χ0v) is 6.28. The molecule has 2 aromatic heterocycles. The summed E-state index contributed by atoms with van der Waals surface area (Å²) in [5.41, 5.74) is 0.333. The van der Waals surface area contributed by atoms with Crippen molar-refractivity contribution in [2.75, 3.05) is 0 Å². The fourth-order valence-corrected chi connectivity index (χ4v) is 0.916. The number of nitrogens with zero attached hydrogens (tertiary/aromatic N) is 5. The van der Waals surface area contributed by atoms with Gasteiger partial charge in [-0.3, -0.25) is 0 Å². The van der Waals surface area contributed by atoms with E-state index >= 15 is 0 Å². The van der Waals surface area contributed by atoms with Gasteiger partial charge in [0, 0.05) is 12.4 Å². The minimum absolute atomic E-state index is 0.106. The maximum atomic E-state index is 10.5. The van der Waals surface area contributed by atoms with Crippen molar-refractivity contribution in [2.45, 2.75) is 0 Å². The average molecular weight is 177 g/mol. The van der Waals surface area contributed by atoms with Crippen LogP contribution < -0.4 is 0 Å². The van der Waals surface area contributed by atoms with E-state index in [2.05, 4.69) is 19.9 Å². The largest absolute Gasteiger partial charge is 0.395 e. The Morgan fingerprint density at radius 2 is 1.92 bits per heavy atom. The van der Waals surface area contributed by atoms with Crippen molar-refractivity contribution in [3.63, 3.8) is 0 Å². The topological polar surface area (TPSA) is 94.7 Å². The van der Waals surface area contributed by atoms with Gasteiger partial charge in [0.1, 0.15) is 0 Å². The van der Waals surface area contributed by atoms with Crippen LogP contribution in [0.3, 0.4) is 0 Å². The smallest absolute Gasteiger partial charge is 0.358 e. The second kappa shape index (κ2) is 2.70. The van der Waals surface area contributed by atoms with Crippen LogP contribution in [0.15, 0.2) is 18.7 Å². The molecular formula is C6H3N5O2. The molecule has 2 aromatic rings. The highest BCUT2D eigenvalue weighted by atomic mass is 16.6. The molecule has 0 bridgehead atoms. The van der Waals surface area contributed by atoms with E-state index in [0.29, 0.717) is 0 Å². The Hall–Kier alpha value is -2.18. The summed E-state index contributed by atoms with van der Waals surface area (Å²) in [7, 11) is 0.